The summed E-state index contributed by atoms with van der Waals surface area (Å²) in [5, 5.41) is 15.1. The van der Waals surface area contributed by atoms with Gasteiger partial charge in [-0.15, -0.1) is 0 Å². The van der Waals surface area contributed by atoms with Crippen molar-refractivity contribution in [1.29, 1.82) is 0 Å². The second-order valence-electron chi connectivity index (χ2n) is 5.83. The maximum atomic E-state index is 10.8. The lowest BCUT2D eigenvalue weighted by molar-refractivity contribution is 0.0859. The first-order valence-electron chi connectivity index (χ1n) is 7.44. The summed E-state index contributed by atoms with van der Waals surface area (Å²) in [6, 6.07) is 0.235. The summed E-state index contributed by atoms with van der Waals surface area (Å²) >= 11 is 0. The maximum Gasteiger partial charge on any atom is 0.162 e. The van der Waals surface area contributed by atoms with E-state index >= 15 is 0 Å². The van der Waals surface area contributed by atoms with Crippen molar-refractivity contribution in [2.75, 3.05) is 7.11 Å². The predicted molar refractivity (Wildman–Crippen MR) is 75.3 cm³/mol. The molecule has 1 aromatic heterocycles. The van der Waals surface area contributed by atoms with Gasteiger partial charge in [-0.2, -0.15) is 5.10 Å². The Balaban J connectivity index is 2.25. The highest BCUT2D eigenvalue weighted by molar-refractivity contribution is 5.28. The Hall–Kier alpha value is -1.03. The number of rotatable bonds is 4. The van der Waals surface area contributed by atoms with Crippen LogP contribution in [0.4, 0.5) is 0 Å². The summed E-state index contributed by atoms with van der Waals surface area (Å²) in [6.45, 7) is 4.16. The third-order valence-electron chi connectivity index (χ3n) is 4.13. The SMILES string of the molecule is COc1cnn(C(C)C)c1C(O)C1CCCCCC1. The average Bonchev–Trinajstić information content (AvgIpc) is 2.64. The van der Waals surface area contributed by atoms with Crippen LogP contribution in [0.1, 0.15) is 70.2 Å². The number of aromatic nitrogens is 2. The van der Waals surface area contributed by atoms with E-state index in [-0.39, 0.29) is 6.04 Å². The summed E-state index contributed by atoms with van der Waals surface area (Å²) < 4.78 is 7.27. The largest absolute Gasteiger partial charge is 0.493 e. The van der Waals surface area contributed by atoms with Crippen molar-refractivity contribution in [3.8, 4) is 5.75 Å². The van der Waals surface area contributed by atoms with E-state index in [0.29, 0.717) is 11.7 Å². The van der Waals surface area contributed by atoms with E-state index in [9.17, 15) is 5.11 Å². The van der Waals surface area contributed by atoms with Crippen LogP contribution in [-0.2, 0) is 0 Å². The molecule has 1 unspecified atom stereocenters. The van der Waals surface area contributed by atoms with Gasteiger partial charge >= 0.3 is 0 Å². The molecular weight excluding hydrogens is 240 g/mol. The number of hydrogen-bond acceptors (Lipinski definition) is 3. The van der Waals surface area contributed by atoms with Crippen molar-refractivity contribution >= 4 is 0 Å². The van der Waals surface area contributed by atoms with E-state index in [1.807, 2.05) is 4.68 Å². The van der Waals surface area contributed by atoms with Gasteiger partial charge in [-0.25, -0.2) is 0 Å². The molecule has 0 amide bonds. The highest BCUT2D eigenvalue weighted by Gasteiger charge is 2.28. The Kier molecular flexibility index (Phi) is 4.86. The first-order valence-corrected chi connectivity index (χ1v) is 7.44. The van der Waals surface area contributed by atoms with E-state index in [0.717, 1.165) is 18.5 Å². The third kappa shape index (κ3) is 3.11. The van der Waals surface area contributed by atoms with E-state index in [1.165, 1.54) is 25.7 Å². The van der Waals surface area contributed by atoms with E-state index in [4.69, 9.17) is 4.74 Å². The molecule has 0 radical (unpaired) electrons. The Morgan fingerprint density at radius 1 is 1.26 bits per heavy atom. The molecule has 0 spiro atoms. The summed E-state index contributed by atoms with van der Waals surface area (Å²) in [5.41, 5.74) is 0.851. The molecule has 1 heterocycles. The van der Waals surface area contributed by atoms with Gasteiger partial charge in [-0.1, -0.05) is 25.7 Å². The molecule has 1 aliphatic rings. The average molecular weight is 266 g/mol. The molecule has 1 fully saturated rings. The Morgan fingerprint density at radius 2 is 1.89 bits per heavy atom. The fourth-order valence-electron chi connectivity index (χ4n) is 3.06. The van der Waals surface area contributed by atoms with Gasteiger partial charge in [0.15, 0.2) is 5.75 Å². The van der Waals surface area contributed by atoms with Crippen molar-refractivity contribution in [2.24, 2.45) is 5.92 Å². The smallest absolute Gasteiger partial charge is 0.162 e. The van der Waals surface area contributed by atoms with Crippen LogP contribution in [0.5, 0.6) is 5.75 Å². The van der Waals surface area contributed by atoms with Crippen molar-refractivity contribution in [2.45, 2.75) is 64.5 Å². The van der Waals surface area contributed by atoms with E-state index < -0.39 is 6.10 Å². The second kappa shape index (κ2) is 6.42. The maximum absolute atomic E-state index is 10.8. The lowest BCUT2D eigenvalue weighted by Gasteiger charge is -2.24. The molecule has 1 saturated carbocycles. The minimum atomic E-state index is -0.460. The molecule has 1 N–H and O–H groups in total. The van der Waals surface area contributed by atoms with E-state index in [2.05, 4.69) is 18.9 Å². The third-order valence-corrected chi connectivity index (χ3v) is 4.13. The van der Waals surface area contributed by atoms with Gasteiger partial charge in [0.2, 0.25) is 0 Å². The molecule has 0 aromatic carbocycles. The molecule has 2 rings (SSSR count). The van der Waals surface area contributed by atoms with Gasteiger partial charge in [0.05, 0.1) is 13.3 Å². The summed E-state index contributed by atoms with van der Waals surface area (Å²) in [6.07, 6.45) is 8.50. The first kappa shape index (κ1) is 14.4. The Morgan fingerprint density at radius 3 is 2.42 bits per heavy atom. The molecule has 4 heteroatoms. The van der Waals surface area contributed by atoms with Gasteiger partial charge in [-0.3, -0.25) is 4.68 Å². The number of methoxy groups -OCH3 is 1. The van der Waals surface area contributed by atoms with Crippen molar-refractivity contribution in [3.63, 3.8) is 0 Å². The van der Waals surface area contributed by atoms with E-state index in [1.54, 1.807) is 13.3 Å². The number of aliphatic hydroxyl groups excluding tert-OH is 1. The highest BCUT2D eigenvalue weighted by Crippen LogP contribution is 2.37. The Bertz CT molecular complexity index is 393. The molecule has 0 bridgehead atoms. The number of aliphatic hydroxyl groups is 1. The van der Waals surface area contributed by atoms with Crippen LogP contribution in [0.15, 0.2) is 6.20 Å². The van der Waals surface area contributed by atoms with Crippen LogP contribution in [-0.4, -0.2) is 22.0 Å². The lowest BCUT2D eigenvalue weighted by Crippen LogP contribution is -2.18. The number of ether oxygens (including phenoxy) is 1. The zero-order valence-electron chi connectivity index (χ0n) is 12.3. The van der Waals surface area contributed by atoms with Gasteiger partial charge in [0, 0.05) is 6.04 Å². The zero-order chi connectivity index (χ0) is 13.8. The molecule has 0 aliphatic heterocycles. The zero-order valence-corrected chi connectivity index (χ0v) is 12.3. The molecule has 1 aromatic rings. The molecule has 1 atom stereocenters. The summed E-state index contributed by atoms with van der Waals surface area (Å²) in [7, 11) is 1.64. The van der Waals surface area contributed by atoms with Crippen LogP contribution in [0, 0.1) is 5.92 Å². The summed E-state index contributed by atoms with van der Waals surface area (Å²) in [4.78, 5) is 0. The topological polar surface area (TPSA) is 47.3 Å². The fraction of sp³-hybridized carbons (Fsp3) is 0.800. The Labute approximate surface area is 115 Å². The minimum absolute atomic E-state index is 0.235. The molecule has 1 aliphatic carbocycles. The van der Waals surface area contributed by atoms with Crippen LogP contribution in [0.3, 0.4) is 0 Å². The molecule has 4 nitrogen and oxygen atoms in total. The van der Waals surface area contributed by atoms with Gasteiger partial charge in [-0.05, 0) is 32.6 Å². The van der Waals surface area contributed by atoms with Gasteiger partial charge in [0.1, 0.15) is 11.8 Å². The molecular formula is C15H26N2O2. The standard InChI is InChI=1S/C15H26N2O2/c1-11(2)17-14(13(19-3)10-16-17)15(18)12-8-6-4-5-7-9-12/h10-12,15,18H,4-9H2,1-3H3. The van der Waals surface area contributed by atoms with Crippen LogP contribution in [0.25, 0.3) is 0 Å². The van der Waals surface area contributed by atoms with Crippen molar-refractivity contribution < 1.29 is 9.84 Å². The normalized spacial score (nSPS) is 19.4. The molecule has 108 valence electrons. The number of hydrogen-bond donors (Lipinski definition) is 1. The quantitative estimate of drug-likeness (QED) is 0.849. The highest BCUT2D eigenvalue weighted by atomic mass is 16.5. The number of nitrogens with zero attached hydrogens (tertiary/aromatic N) is 2. The van der Waals surface area contributed by atoms with Gasteiger partial charge < -0.3 is 9.84 Å². The summed E-state index contributed by atoms with van der Waals surface area (Å²) in [5.74, 6) is 1.05. The van der Waals surface area contributed by atoms with Crippen LogP contribution in [0.2, 0.25) is 0 Å². The lowest BCUT2D eigenvalue weighted by atomic mass is 9.91. The monoisotopic (exact) mass is 266 g/mol. The first-order chi connectivity index (χ1) is 9.15. The van der Waals surface area contributed by atoms with Crippen molar-refractivity contribution in [3.05, 3.63) is 11.9 Å². The minimum Gasteiger partial charge on any atom is -0.493 e. The van der Waals surface area contributed by atoms with Crippen LogP contribution >= 0.6 is 0 Å². The van der Waals surface area contributed by atoms with Gasteiger partial charge in [0.25, 0.3) is 0 Å². The second-order valence-corrected chi connectivity index (χ2v) is 5.83. The van der Waals surface area contributed by atoms with Crippen molar-refractivity contribution in [1.82, 2.24) is 9.78 Å². The van der Waals surface area contributed by atoms with Crippen LogP contribution < -0.4 is 4.74 Å². The molecule has 0 saturated heterocycles. The molecule has 19 heavy (non-hydrogen) atoms. The predicted octanol–water partition coefficient (Wildman–Crippen LogP) is 3.48. The fourth-order valence-corrected chi connectivity index (χ4v) is 3.06.